The number of benzene rings is 2. The Hall–Kier alpha value is -2.43. The van der Waals surface area contributed by atoms with E-state index in [1.165, 1.54) is 28.8 Å². The molecule has 132 valence electrons. The standard InChI is InChI=1S/C13H16N2O.C7H6F2/c1-9-3-2-4-10-7-13(6-5-11(9)10)8-15-12(14)16-13;1-5-2-6(8)4-7(9)3-5/h2-4H,5-8H2,1H3,(H2,14,15);2-4H,1H3. The highest BCUT2D eigenvalue weighted by Crippen LogP contribution is 2.35. The summed E-state index contributed by atoms with van der Waals surface area (Å²) in [6.07, 6.45) is 3.04. The predicted octanol–water partition coefficient (Wildman–Crippen LogP) is 3.84. The first-order chi connectivity index (χ1) is 11.9. The minimum Gasteiger partial charge on any atom is -0.456 e. The van der Waals surface area contributed by atoms with Gasteiger partial charge in [0.25, 0.3) is 6.02 Å². The van der Waals surface area contributed by atoms with E-state index in [1.54, 1.807) is 6.92 Å². The SMILES string of the molecule is Cc1cc(F)cc(F)c1.Cc1cccc2c1CCC1(CN=C(N)O1)C2. The predicted molar refractivity (Wildman–Crippen MR) is 94.6 cm³/mol. The molecule has 1 aliphatic heterocycles. The summed E-state index contributed by atoms with van der Waals surface area (Å²) in [6.45, 7) is 4.54. The van der Waals surface area contributed by atoms with Crippen molar-refractivity contribution < 1.29 is 13.5 Å². The Balaban J connectivity index is 0.000000173. The molecule has 1 aliphatic carbocycles. The number of aliphatic imine (C=N–C) groups is 1. The van der Waals surface area contributed by atoms with Gasteiger partial charge in [0.2, 0.25) is 0 Å². The molecule has 0 fully saturated rings. The van der Waals surface area contributed by atoms with Crippen LogP contribution in [0.25, 0.3) is 0 Å². The van der Waals surface area contributed by atoms with Gasteiger partial charge in [0.1, 0.15) is 17.2 Å². The molecule has 25 heavy (non-hydrogen) atoms. The molecule has 0 amide bonds. The van der Waals surface area contributed by atoms with E-state index in [1.807, 2.05) is 0 Å². The molecule has 0 saturated carbocycles. The van der Waals surface area contributed by atoms with Gasteiger partial charge >= 0.3 is 0 Å². The number of ether oxygens (including phenoxy) is 1. The van der Waals surface area contributed by atoms with E-state index < -0.39 is 11.6 Å². The molecule has 0 radical (unpaired) electrons. The van der Waals surface area contributed by atoms with Crippen molar-refractivity contribution in [3.63, 3.8) is 0 Å². The second-order valence-corrected chi connectivity index (χ2v) is 6.78. The summed E-state index contributed by atoms with van der Waals surface area (Å²) in [5.41, 5.74) is 10.3. The van der Waals surface area contributed by atoms with Crippen molar-refractivity contribution in [1.82, 2.24) is 0 Å². The number of amidine groups is 1. The summed E-state index contributed by atoms with van der Waals surface area (Å²) >= 11 is 0. The third-order valence-corrected chi connectivity index (χ3v) is 4.70. The smallest absolute Gasteiger partial charge is 0.282 e. The first-order valence-corrected chi connectivity index (χ1v) is 8.36. The fourth-order valence-electron chi connectivity index (χ4n) is 3.50. The largest absolute Gasteiger partial charge is 0.456 e. The molecule has 0 saturated heterocycles. The highest BCUT2D eigenvalue weighted by molar-refractivity contribution is 5.73. The van der Waals surface area contributed by atoms with Gasteiger partial charge in [0.05, 0.1) is 6.54 Å². The quantitative estimate of drug-likeness (QED) is 0.789. The molecule has 5 heteroatoms. The zero-order chi connectivity index (χ0) is 18.0. The van der Waals surface area contributed by atoms with Crippen LogP contribution >= 0.6 is 0 Å². The molecule has 1 spiro atoms. The maximum atomic E-state index is 12.2. The second-order valence-electron chi connectivity index (χ2n) is 6.78. The van der Waals surface area contributed by atoms with Gasteiger partial charge in [-0.15, -0.1) is 0 Å². The van der Waals surface area contributed by atoms with Crippen LogP contribution in [0.1, 0.15) is 28.7 Å². The zero-order valence-electron chi connectivity index (χ0n) is 14.5. The zero-order valence-corrected chi connectivity index (χ0v) is 14.5. The molecule has 2 N–H and O–H groups in total. The van der Waals surface area contributed by atoms with Crippen molar-refractivity contribution in [2.75, 3.05) is 6.54 Å². The van der Waals surface area contributed by atoms with Crippen LogP contribution in [0.4, 0.5) is 8.78 Å². The second kappa shape index (κ2) is 6.82. The van der Waals surface area contributed by atoms with Crippen molar-refractivity contribution in [2.24, 2.45) is 10.7 Å². The summed E-state index contributed by atoms with van der Waals surface area (Å²) in [5.74, 6) is -1.04. The highest BCUT2D eigenvalue weighted by atomic mass is 19.1. The molecule has 2 aliphatic rings. The van der Waals surface area contributed by atoms with Gasteiger partial charge in [0.15, 0.2) is 0 Å². The van der Waals surface area contributed by atoms with E-state index >= 15 is 0 Å². The maximum Gasteiger partial charge on any atom is 0.282 e. The van der Waals surface area contributed by atoms with Crippen molar-refractivity contribution in [1.29, 1.82) is 0 Å². The first-order valence-electron chi connectivity index (χ1n) is 8.36. The van der Waals surface area contributed by atoms with Crippen LogP contribution in [0, 0.1) is 25.5 Å². The highest BCUT2D eigenvalue weighted by Gasteiger charge is 2.40. The van der Waals surface area contributed by atoms with Gasteiger partial charge in [-0.05, 0) is 61.1 Å². The summed E-state index contributed by atoms with van der Waals surface area (Å²) in [6, 6.07) is 10.3. The minimum absolute atomic E-state index is 0.148. The van der Waals surface area contributed by atoms with Crippen LogP contribution in [-0.4, -0.2) is 18.2 Å². The number of hydrogen-bond acceptors (Lipinski definition) is 3. The van der Waals surface area contributed by atoms with E-state index in [0.29, 0.717) is 18.1 Å². The van der Waals surface area contributed by atoms with Gasteiger partial charge in [-0.1, -0.05) is 18.2 Å². The monoisotopic (exact) mass is 344 g/mol. The van der Waals surface area contributed by atoms with Gasteiger partial charge in [-0.25, -0.2) is 13.8 Å². The Kier molecular flexibility index (Phi) is 4.75. The number of nitrogens with zero attached hydrogens (tertiary/aromatic N) is 1. The molecule has 0 aromatic heterocycles. The van der Waals surface area contributed by atoms with Crippen molar-refractivity contribution in [3.05, 3.63) is 70.3 Å². The fourth-order valence-corrected chi connectivity index (χ4v) is 3.50. The maximum absolute atomic E-state index is 12.2. The number of halogens is 2. The Labute approximate surface area is 146 Å². The van der Waals surface area contributed by atoms with Crippen LogP contribution in [0.2, 0.25) is 0 Å². The summed E-state index contributed by atoms with van der Waals surface area (Å²) in [7, 11) is 0. The van der Waals surface area contributed by atoms with E-state index in [4.69, 9.17) is 10.5 Å². The molecule has 4 rings (SSSR count). The first kappa shape index (κ1) is 17.4. The topological polar surface area (TPSA) is 47.6 Å². The molecular weight excluding hydrogens is 322 g/mol. The van der Waals surface area contributed by atoms with Gasteiger partial charge in [-0.2, -0.15) is 0 Å². The number of nitrogens with two attached hydrogens (primary N) is 1. The third-order valence-electron chi connectivity index (χ3n) is 4.70. The van der Waals surface area contributed by atoms with Crippen molar-refractivity contribution >= 4 is 6.02 Å². The van der Waals surface area contributed by atoms with Gasteiger partial charge < -0.3 is 10.5 Å². The normalized spacial score (nSPS) is 21.0. The van der Waals surface area contributed by atoms with E-state index in [2.05, 4.69) is 30.1 Å². The number of aryl methyl sites for hydroxylation is 2. The number of fused-ring (bicyclic) bond motifs is 1. The summed E-state index contributed by atoms with van der Waals surface area (Å²) in [4.78, 5) is 4.18. The van der Waals surface area contributed by atoms with Crippen LogP contribution in [-0.2, 0) is 17.6 Å². The lowest BCUT2D eigenvalue weighted by Gasteiger charge is -2.33. The van der Waals surface area contributed by atoms with Gasteiger partial charge in [-0.3, -0.25) is 0 Å². The third kappa shape index (κ3) is 3.98. The van der Waals surface area contributed by atoms with Crippen molar-refractivity contribution in [2.45, 2.75) is 38.7 Å². The lowest BCUT2D eigenvalue weighted by Crippen LogP contribution is -2.40. The molecule has 1 unspecified atom stereocenters. The summed E-state index contributed by atoms with van der Waals surface area (Å²) in [5, 5.41) is 0. The summed E-state index contributed by atoms with van der Waals surface area (Å²) < 4.78 is 30.1. The Morgan fingerprint density at radius 2 is 1.84 bits per heavy atom. The molecule has 2 aromatic rings. The fraction of sp³-hybridized carbons (Fsp3) is 0.350. The molecule has 2 aromatic carbocycles. The molecule has 3 nitrogen and oxygen atoms in total. The number of hydrogen-bond donors (Lipinski definition) is 1. The van der Waals surface area contributed by atoms with Crippen molar-refractivity contribution in [3.8, 4) is 0 Å². The minimum atomic E-state index is -0.521. The lowest BCUT2D eigenvalue weighted by molar-refractivity contribution is 0.0702. The lowest BCUT2D eigenvalue weighted by atomic mass is 9.79. The Bertz CT molecular complexity index is 769. The van der Waals surface area contributed by atoms with Crippen LogP contribution < -0.4 is 5.73 Å². The Morgan fingerprint density at radius 3 is 2.44 bits per heavy atom. The number of rotatable bonds is 0. The van der Waals surface area contributed by atoms with Crippen LogP contribution in [0.3, 0.4) is 0 Å². The van der Waals surface area contributed by atoms with Crippen LogP contribution in [0.5, 0.6) is 0 Å². The van der Waals surface area contributed by atoms with E-state index in [-0.39, 0.29) is 5.60 Å². The van der Waals surface area contributed by atoms with Crippen LogP contribution in [0.15, 0.2) is 41.4 Å². The average molecular weight is 344 g/mol. The average Bonchev–Trinajstić information content (AvgIpc) is 2.87. The molecule has 1 heterocycles. The Morgan fingerprint density at radius 1 is 1.12 bits per heavy atom. The molecule has 1 atom stereocenters. The molecular formula is C20H22F2N2O. The van der Waals surface area contributed by atoms with Gasteiger partial charge in [0, 0.05) is 12.5 Å². The molecule has 0 bridgehead atoms. The van der Waals surface area contributed by atoms with E-state index in [0.717, 1.165) is 25.3 Å². The van der Waals surface area contributed by atoms with E-state index in [9.17, 15) is 8.78 Å².